The van der Waals surface area contributed by atoms with Crippen LogP contribution in [0.5, 0.6) is 5.75 Å². The lowest BCUT2D eigenvalue weighted by molar-refractivity contribution is -0.140. The second-order valence-electron chi connectivity index (χ2n) is 12.9. The van der Waals surface area contributed by atoms with Gasteiger partial charge in [-0.2, -0.15) is 0 Å². The number of benzene rings is 4. The molecule has 0 aromatic heterocycles. The lowest BCUT2D eigenvalue weighted by Gasteiger charge is -2.34. The second-order valence-corrected chi connectivity index (χ2v) is 12.9. The van der Waals surface area contributed by atoms with Crippen LogP contribution in [0.3, 0.4) is 0 Å². The number of aliphatic hydroxyl groups excluding tert-OH is 1. The molecule has 3 atom stereocenters. The van der Waals surface area contributed by atoms with E-state index >= 15 is 0 Å². The molecule has 8 heteroatoms. The highest BCUT2D eigenvalue weighted by Crippen LogP contribution is 2.23. The first-order valence-corrected chi connectivity index (χ1v) is 15.7. The highest BCUT2D eigenvalue weighted by molar-refractivity contribution is 5.96. The molecule has 0 aliphatic rings. The standard InChI is InChI=1S/C38H45N3O5/c1-25-30(19-12-20-34(25)43)36(45)39-32(24-29-17-11-16-28-15-9-10-18-31(28)29)35(44)21-22-41(26(2)42)33(37(46)40-38(3,4)5)23-27-13-7-6-8-14-27/h6-20,32-33,35,43-44H,21-24H2,1-5H3,(H,39,45)(H,40,46)/t32-,33?,35?/m0/s1. The summed E-state index contributed by atoms with van der Waals surface area (Å²) < 4.78 is 0. The molecular formula is C38H45N3O5. The van der Waals surface area contributed by atoms with Crippen molar-refractivity contribution < 1.29 is 24.6 Å². The Hall–Kier alpha value is -4.69. The minimum Gasteiger partial charge on any atom is -0.508 e. The zero-order chi connectivity index (χ0) is 33.4. The Morgan fingerprint density at radius 3 is 2.20 bits per heavy atom. The van der Waals surface area contributed by atoms with E-state index in [4.69, 9.17) is 0 Å². The van der Waals surface area contributed by atoms with Gasteiger partial charge in [-0.3, -0.25) is 14.4 Å². The lowest BCUT2D eigenvalue weighted by Crippen LogP contribution is -2.55. The SMILES string of the molecule is CC(=O)N(CCC(O)[C@H](Cc1cccc2ccccc12)NC(=O)c1cccc(O)c1C)C(Cc1ccccc1)C(=O)NC(C)(C)C. The number of aromatic hydroxyl groups is 1. The lowest BCUT2D eigenvalue weighted by atomic mass is 9.94. The molecule has 0 saturated carbocycles. The van der Waals surface area contributed by atoms with Crippen LogP contribution in [0.2, 0.25) is 0 Å². The van der Waals surface area contributed by atoms with Crippen LogP contribution in [-0.2, 0) is 22.4 Å². The van der Waals surface area contributed by atoms with Gasteiger partial charge in [-0.15, -0.1) is 0 Å². The average molecular weight is 624 g/mol. The molecule has 4 aromatic rings. The van der Waals surface area contributed by atoms with E-state index in [1.807, 2.05) is 93.6 Å². The van der Waals surface area contributed by atoms with Gasteiger partial charge in [-0.05, 0) is 74.6 Å². The van der Waals surface area contributed by atoms with E-state index < -0.39 is 29.6 Å². The molecule has 0 fully saturated rings. The van der Waals surface area contributed by atoms with Crippen LogP contribution in [0, 0.1) is 6.92 Å². The molecule has 0 saturated heterocycles. The van der Waals surface area contributed by atoms with Crippen molar-refractivity contribution in [3.63, 3.8) is 0 Å². The summed E-state index contributed by atoms with van der Waals surface area (Å²) >= 11 is 0. The number of rotatable bonds is 12. The van der Waals surface area contributed by atoms with E-state index in [9.17, 15) is 24.6 Å². The molecule has 0 radical (unpaired) electrons. The normalized spacial score (nSPS) is 13.4. The average Bonchev–Trinajstić information content (AvgIpc) is 3.01. The van der Waals surface area contributed by atoms with Crippen molar-refractivity contribution in [2.24, 2.45) is 0 Å². The number of hydrogen-bond acceptors (Lipinski definition) is 5. The van der Waals surface area contributed by atoms with Crippen molar-refractivity contribution in [2.45, 2.75) is 77.6 Å². The van der Waals surface area contributed by atoms with Gasteiger partial charge in [0.05, 0.1) is 12.1 Å². The number of nitrogens with zero attached hydrogens (tertiary/aromatic N) is 1. The van der Waals surface area contributed by atoms with Crippen molar-refractivity contribution in [1.82, 2.24) is 15.5 Å². The molecule has 4 rings (SSSR count). The zero-order valence-corrected chi connectivity index (χ0v) is 27.3. The zero-order valence-electron chi connectivity index (χ0n) is 27.3. The van der Waals surface area contributed by atoms with Gasteiger partial charge in [-0.1, -0.05) is 78.9 Å². The molecule has 46 heavy (non-hydrogen) atoms. The number of nitrogens with one attached hydrogen (secondary N) is 2. The van der Waals surface area contributed by atoms with E-state index in [0.717, 1.165) is 21.9 Å². The molecule has 0 spiro atoms. The first-order valence-electron chi connectivity index (χ1n) is 15.7. The van der Waals surface area contributed by atoms with Crippen LogP contribution in [-0.4, -0.2) is 63.1 Å². The van der Waals surface area contributed by atoms with Gasteiger partial charge in [-0.25, -0.2) is 0 Å². The Balaban J connectivity index is 1.62. The summed E-state index contributed by atoms with van der Waals surface area (Å²) in [6.07, 6.45) is -0.316. The van der Waals surface area contributed by atoms with Crippen LogP contribution >= 0.6 is 0 Å². The van der Waals surface area contributed by atoms with E-state index in [1.165, 1.54) is 17.9 Å². The van der Waals surface area contributed by atoms with Gasteiger partial charge < -0.3 is 25.7 Å². The maximum Gasteiger partial charge on any atom is 0.252 e. The summed E-state index contributed by atoms with van der Waals surface area (Å²) in [6.45, 7) is 8.86. The van der Waals surface area contributed by atoms with Crippen molar-refractivity contribution in [3.05, 3.63) is 113 Å². The van der Waals surface area contributed by atoms with Crippen molar-refractivity contribution in [3.8, 4) is 5.75 Å². The largest absolute Gasteiger partial charge is 0.508 e. The summed E-state index contributed by atoms with van der Waals surface area (Å²) in [5, 5.41) is 30.0. The molecule has 0 bridgehead atoms. The third-order valence-electron chi connectivity index (χ3n) is 8.17. The Morgan fingerprint density at radius 2 is 1.50 bits per heavy atom. The number of phenolic OH excluding ortho intramolecular Hbond substituents is 1. The number of fused-ring (bicyclic) bond motifs is 1. The van der Waals surface area contributed by atoms with Gasteiger partial charge in [0.2, 0.25) is 11.8 Å². The molecule has 242 valence electrons. The number of hydrogen-bond donors (Lipinski definition) is 4. The summed E-state index contributed by atoms with van der Waals surface area (Å²) in [5.41, 5.74) is 2.10. The van der Waals surface area contributed by atoms with Crippen LogP contribution in [0.4, 0.5) is 0 Å². The van der Waals surface area contributed by atoms with Gasteiger partial charge in [0, 0.05) is 36.6 Å². The smallest absolute Gasteiger partial charge is 0.252 e. The molecule has 8 nitrogen and oxygen atoms in total. The van der Waals surface area contributed by atoms with Crippen molar-refractivity contribution in [1.29, 1.82) is 0 Å². The maximum absolute atomic E-state index is 13.6. The van der Waals surface area contributed by atoms with Crippen molar-refractivity contribution in [2.75, 3.05) is 6.54 Å². The van der Waals surface area contributed by atoms with E-state index in [-0.39, 0.29) is 30.5 Å². The van der Waals surface area contributed by atoms with Crippen LogP contribution < -0.4 is 10.6 Å². The minimum atomic E-state index is -1.06. The minimum absolute atomic E-state index is 0.00823. The highest BCUT2D eigenvalue weighted by atomic mass is 16.3. The summed E-state index contributed by atoms with van der Waals surface area (Å²) in [5.74, 6) is -0.982. The third-order valence-corrected chi connectivity index (χ3v) is 8.17. The Bertz CT molecular complexity index is 1660. The monoisotopic (exact) mass is 623 g/mol. The number of carbonyl (C=O) groups is 3. The van der Waals surface area contributed by atoms with Crippen LogP contribution in [0.25, 0.3) is 10.8 Å². The van der Waals surface area contributed by atoms with Gasteiger partial charge in [0.1, 0.15) is 11.8 Å². The highest BCUT2D eigenvalue weighted by Gasteiger charge is 2.32. The van der Waals surface area contributed by atoms with Crippen molar-refractivity contribution >= 4 is 28.5 Å². The fraction of sp³-hybridized carbons (Fsp3) is 0.342. The molecule has 3 amide bonds. The number of aliphatic hydroxyl groups is 1. The van der Waals surface area contributed by atoms with Crippen LogP contribution in [0.15, 0.2) is 91.0 Å². The fourth-order valence-electron chi connectivity index (χ4n) is 5.75. The van der Waals surface area contributed by atoms with Gasteiger partial charge >= 0.3 is 0 Å². The maximum atomic E-state index is 13.6. The molecule has 0 heterocycles. The predicted octanol–water partition coefficient (Wildman–Crippen LogP) is 5.32. The van der Waals surface area contributed by atoms with E-state index in [2.05, 4.69) is 10.6 Å². The Morgan fingerprint density at radius 1 is 0.848 bits per heavy atom. The van der Waals surface area contributed by atoms with E-state index in [0.29, 0.717) is 24.0 Å². The first kappa shape index (κ1) is 34.2. The summed E-state index contributed by atoms with van der Waals surface area (Å²) in [4.78, 5) is 41.7. The van der Waals surface area contributed by atoms with E-state index in [1.54, 1.807) is 19.1 Å². The third kappa shape index (κ3) is 8.95. The second kappa shape index (κ2) is 15.1. The number of amides is 3. The quantitative estimate of drug-likeness (QED) is 0.170. The first-order chi connectivity index (χ1) is 21.8. The Labute approximate surface area is 271 Å². The molecule has 2 unspecified atom stereocenters. The summed E-state index contributed by atoms with van der Waals surface area (Å²) in [6, 6.07) is 26.6. The molecule has 4 aromatic carbocycles. The molecule has 0 aliphatic heterocycles. The fourth-order valence-corrected chi connectivity index (χ4v) is 5.75. The van der Waals surface area contributed by atoms with Gasteiger partial charge in [0.25, 0.3) is 5.91 Å². The predicted molar refractivity (Wildman–Crippen MR) is 182 cm³/mol. The molecule has 4 N–H and O–H groups in total. The number of phenols is 1. The molecule has 0 aliphatic carbocycles. The topological polar surface area (TPSA) is 119 Å². The van der Waals surface area contributed by atoms with Crippen LogP contribution in [0.1, 0.15) is 61.2 Å². The van der Waals surface area contributed by atoms with Gasteiger partial charge in [0.15, 0.2) is 0 Å². The Kier molecular flexibility index (Phi) is 11.2. The number of carbonyl (C=O) groups excluding carboxylic acids is 3. The summed E-state index contributed by atoms with van der Waals surface area (Å²) in [7, 11) is 0. The molecular weight excluding hydrogens is 578 g/mol.